The van der Waals surface area contributed by atoms with Gasteiger partial charge in [-0.15, -0.1) is 0 Å². The molecular formula is C47H85N5O+4. The first-order chi connectivity index (χ1) is 25.4. The third kappa shape index (κ3) is 19.6. The van der Waals surface area contributed by atoms with Gasteiger partial charge in [0.05, 0.1) is 45.9 Å². The average molecular weight is 736 g/mol. The van der Waals surface area contributed by atoms with E-state index in [9.17, 15) is 0 Å². The second-order valence-corrected chi connectivity index (χ2v) is 17.4. The van der Waals surface area contributed by atoms with Crippen LogP contribution in [-0.4, -0.2) is 61.9 Å². The molecule has 0 spiro atoms. The molecular weight excluding hydrogens is 651 g/mol. The van der Waals surface area contributed by atoms with Crippen LogP contribution in [0.3, 0.4) is 0 Å². The minimum Gasteiger partial charge on any atom is -0.370 e. The molecule has 2 N–H and O–H groups in total. The lowest BCUT2D eigenvalue weighted by Crippen LogP contribution is -3.14. The third-order valence-corrected chi connectivity index (χ3v) is 11.7. The molecule has 0 amide bonds. The van der Waals surface area contributed by atoms with Gasteiger partial charge in [-0.05, 0) is 88.0 Å². The van der Waals surface area contributed by atoms with Crippen molar-refractivity contribution < 1.29 is 23.3 Å². The molecule has 2 aromatic heterocycles. The summed E-state index contributed by atoms with van der Waals surface area (Å²) in [4.78, 5) is 4.84. The number of nitrogens with zero attached hydrogens (tertiary/aromatic N) is 3. The Labute approximate surface area is 328 Å². The topological polar surface area (TPSA) is 37.2 Å². The molecule has 6 nitrogen and oxygen atoms in total. The van der Waals surface area contributed by atoms with Crippen molar-refractivity contribution in [3.8, 4) is 0 Å². The molecule has 2 fully saturated rings. The van der Waals surface area contributed by atoms with Crippen molar-refractivity contribution in [2.24, 2.45) is 29.6 Å². The zero-order valence-corrected chi connectivity index (χ0v) is 36.5. The maximum atomic E-state index is 5.29. The molecule has 0 atom stereocenters. The van der Waals surface area contributed by atoms with Gasteiger partial charge in [-0.2, -0.15) is 0 Å². The van der Waals surface area contributed by atoms with Crippen molar-refractivity contribution in [2.45, 2.75) is 134 Å². The number of hydrogen-bond acceptors (Lipinski definition) is 1. The molecule has 1 aromatic carbocycles. The number of ether oxygens (including phenoxy) is 1. The molecule has 0 radical (unpaired) electrons. The van der Waals surface area contributed by atoms with Crippen LogP contribution in [0.25, 0.3) is 0 Å². The molecule has 1 aliphatic carbocycles. The van der Waals surface area contributed by atoms with Crippen LogP contribution in [0.4, 0.5) is 0 Å². The number of aromatic nitrogens is 3. The first-order valence-electron chi connectivity index (χ1n) is 21.7. The average Bonchev–Trinajstić information content (AvgIpc) is 3.68. The highest BCUT2D eigenvalue weighted by atomic mass is 16.5. The summed E-state index contributed by atoms with van der Waals surface area (Å²) in [5, 5.41) is 0. The fraction of sp³-hybridized carbons (Fsp3) is 0.702. The van der Waals surface area contributed by atoms with Crippen LogP contribution >= 0.6 is 0 Å². The van der Waals surface area contributed by atoms with Crippen LogP contribution < -0.4 is 14.0 Å². The molecule has 3 heterocycles. The smallest absolute Gasteiger partial charge is 0.241 e. The summed E-state index contributed by atoms with van der Waals surface area (Å²) < 4.78 is 11.0. The molecule has 0 bridgehead atoms. The number of morpholine rings is 1. The first kappa shape index (κ1) is 46.6. The Bertz CT molecular complexity index is 1250. The maximum Gasteiger partial charge on any atom is 0.241 e. The van der Waals surface area contributed by atoms with E-state index in [0.29, 0.717) is 5.92 Å². The molecule has 0 unspecified atom stereocenters. The number of benzene rings is 1. The normalized spacial score (nSPS) is 17.9. The number of aromatic amines is 1. The van der Waals surface area contributed by atoms with E-state index in [1.165, 1.54) is 100 Å². The second-order valence-electron chi connectivity index (χ2n) is 17.4. The van der Waals surface area contributed by atoms with Crippen molar-refractivity contribution in [3.05, 3.63) is 84.7 Å². The Hall–Kier alpha value is -2.54. The van der Waals surface area contributed by atoms with Crippen molar-refractivity contribution in [1.82, 2.24) is 4.98 Å². The van der Waals surface area contributed by atoms with E-state index in [2.05, 4.69) is 152 Å². The third-order valence-electron chi connectivity index (χ3n) is 11.7. The highest BCUT2D eigenvalue weighted by molar-refractivity contribution is 5.24. The Morgan fingerprint density at radius 3 is 1.83 bits per heavy atom. The van der Waals surface area contributed by atoms with E-state index in [1.54, 1.807) is 4.90 Å². The van der Waals surface area contributed by atoms with Gasteiger partial charge in [0.25, 0.3) is 0 Å². The van der Waals surface area contributed by atoms with Gasteiger partial charge in [-0.3, -0.25) is 4.98 Å². The van der Waals surface area contributed by atoms with Crippen molar-refractivity contribution >= 4 is 0 Å². The highest BCUT2D eigenvalue weighted by Gasteiger charge is 2.24. The fourth-order valence-electron chi connectivity index (χ4n) is 7.55. The van der Waals surface area contributed by atoms with Crippen LogP contribution in [0.1, 0.15) is 125 Å². The zero-order valence-electron chi connectivity index (χ0n) is 36.5. The fourth-order valence-corrected chi connectivity index (χ4v) is 7.55. The van der Waals surface area contributed by atoms with Gasteiger partial charge in [0.1, 0.15) is 32.0 Å². The van der Waals surface area contributed by atoms with Gasteiger partial charge in [0.15, 0.2) is 18.9 Å². The number of hydrogen-bond donors (Lipinski definition) is 2. The number of imidazole rings is 1. The standard InChI is InChI=1S/C16H28N.C13H22N2.C9H19NO.C9H14N/c1-6-17(7-2,8-3)13-15-9-11-16(12-10-15)14(4)5;1-11(2)13-5-3-12(4-6-13)9-15-8-7-14-10-15;1-9(2)3-4-10-5-7-11-8-6-10;1-9(2)8-10-6-4-3-5-7-10/h9-12,14H,6-8,13H2,1-5H3;7-8,10-13H,3-6,9H2,1-2H3;9H,3-8H2,1-2H3;3-7,9H,8H2,1-2H3/q+1;;;+1/p+2. The summed E-state index contributed by atoms with van der Waals surface area (Å²) in [5.74, 6) is 4.98. The Morgan fingerprint density at radius 2 is 1.36 bits per heavy atom. The molecule has 6 heteroatoms. The van der Waals surface area contributed by atoms with E-state index in [0.717, 1.165) is 49.3 Å². The summed E-state index contributed by atoms with van der Waals surface area (Å²) in [6, 6.07) is 15.3. The van der Waals surface area contributed by atoms with Crippen molar-refractivity contribution in [3.63, 3.8) is 0 Å². The van der Waals surface area contributed by atoms with Crippen LogP contribution in [0, 0.1) is 29.6 Å². The summed E-state index contributed by atoms with van der Waals surface area (Å²) in [6.07, 6.45) is 17.5. The maximum absolute atomic E-state index is 5.29. The summed E-state index contributed by atoms with van der Waals surface area (Å²) in [5.41, 5.74) is 2.91. The number of H-pyrrole nitrogens is 1. The van der Waals surface area contributed by atoms with Gasteiger partial charge >= 0.3 is 0 Å². The van der Waals surface area contributed by atoms with E-state index >= 15 is 0 Å². The Morgan fingerprint density at radius 1 is 0.755 bits per heavy atom. The number of nitrogens with one attached hydrogen (secondary N) is 2. The van der Waals surface area contributed by atoms with Crippen LogP contribution in [0.15, 0.2) is 73.6 Å². The Kier molecular flexibility index (Phi) is 23.1. The minimum atomic E-state index is 0.631. The van der Waals surface area contributed by atoms with Crippen LogP contribution in [0.5, 0.6) is 0 Å². The molecule has 1 aliphatic heterocycles. The van der Waals surface area contributed by atoms with E-state index in [4.69, 9.17) is 4.74 Å². The van der Waals surface area contributed by atoms with Gasteiger partial charge in [-0.25, -0.2) is 9.13 Å². The highest BCUT2D eigenvalue weighted by Crippen LogP contribution is 2.33. The second kappa shape index (κ2) is 26.3. The number of quaternary nitrogens is 2. The molecule has 53 heavy (non-hydrogen) atoms. The van der Waals surface area contributed by atoms with E-state index in [-0.39, 0.29) is 0 Å². The molecule has 5 rings (SSSR count). The summed E-state index contributed by atoms with van der Waals surface area (Å²) in [7, 11) is 0. The predicted molar refractivity (Wildman–Crippen MR) is 225 cm³/mol. The Balaban J connectivity index is 0.000000250. The quantitative estimate of drug-likeness (QED) is 0.127. The lowest BCUT2D eigenvalue weighted by Gasteiger charge is -2.36. The van der Waals surface area contributed by atoms with Crippen molar-refractivity contribution in [1.29, 1.82) is 0 Å². The zero-order chi connectivity index (χ0) is 39.1. The van der Waals surface area contributed by atoms with Gasteiger partial charge < -0.3 is 14.1 Å². The van der Waals surface area contributed by atoms with E-state index < -0.39 is 0 Å². The number of pyridine rings is 1. The van der Waals surface area contributed by atoms with Gasteiger partial charge in [0, 0.05) is 23.6 Å². The molecule has 2 aliphatic rings. The van der Waals surface area contributed by atoms with E-state index in [1.807, 2.05) is 12.3 Å². The van der Waals surface area contributed by atoms with Gasteiger partial charge in [0.2, 0.25) is 6.33 Å². The van der Waals surface area contributed by atoms with Crippen molar-refractivity contribution in [2.75, 3.05) is 52.5 Å². The van der Waals surface area contributed by atoms with Crippen LogP contribution in [-0.2, 0) is 24.4 Å². The predicted octanol–water partition coefficient (Wildman–Crippen LogP) is 8.53. The molecule has 3 aromatic rings. The molecule has 300 valence electrons. The van der Waals surface area contributed by atoms with Crippen LogP contribution in [0.2, 0.25) is 0 Å². The molecule has 1 saturated heterocycles. The first-order valence-corrected chi connectivity index (χ1v) is 21.7. The minimum absolute atomic E-state index is 0.631. The summed E-state index contributed by atoms with van der Waals surface area (Å²) in [6.45, 7) is 38.0. The summed E-state index contributed by atoms with van der Waals surface area (Å²) >= 11 is 0. The number of rotatable bonds is 14. The largest absolute Gasteiger partial charge is 0.370 e. The lowest BCUT2D eigenvalue weighted by atomic mass is 9.77. The SMILES string of the molecule is CC(C)C1CCC(C[n+]2cc[nH]c2)CC1.CC(C)CC[NH+]1CCOCC1.CC(C)C[n+]1ccccc1.CC[N+](CC)(CC)Cc1ccc(C(C)C)cc1. The van der Waals surface area contributed by atoms with Gasteiger partial charge in [-0.1, -0.05) is 85.7 Å². The monoisotopic (exact) mass is 736 g/mol. The molecule has 1 saturated carbocycles. The lowest BCUT2D eigenvalue weighted by molar-refractivity contribution is -0.936.